The summed E-state index contributed by atoms with van der Waals surface area (Å²) in [6, 6.07) is 16.1. The summed E-state index contributed by atoms with van der Waals surface area (Å²) in [5.74, 6) is 0.816. The van der Waals surface area contributed by atoms with Crippen molar-refractivity contribution in [2.24, 2.45) is 0 Å². The quantitative estimate of drug-likeness (QED) is 0.717. The van der Waals surface area contributed by atoms with Crippen LogP contribution in [0.5, 0.6) is 0 Å². The van der Waals surface area contributed by atoms with Crippen LogP contribution in [0.15, 0.2) is 58.4 Å². The van der Waals surface area contributed by atoms with Gasteiger partial charge in [0, 0.05) is 24.0 Å². The van der Waals surface area contributed by atoms with Crippen molar-refractivity contribution < 1.29 is 9.63 Å². The lowest BCUT2D eigenvalue weighted by molar-refractivity contribution is 0.101. The Hall–Kier alpha value is -1.95. The molecule has 1 atom stereocenters. The summed E-state index contributed by atoms with van der Waals surface area (Å²) >= 11 is 1.58. The second kappa shape index (κ2) is 7.55. The van der Waals surface area contributed by atoms with E-state index in [1.807, 2.05) is 48.7 Å². The number of aliphatic hydroxyl groups excluding tert-OH is 1. The molecule has 1 aromatic carbocycles. The van der Waals surface area contributed by atoms with E-state index in [4.69, 9.17) is 4.52 Å². The van der Waals surface area contributed by atoms with Crippen molar-refractivity contribution in [1.29, 1.82) is 0 Å². The van der Waals surface area contributed by atoms with Gasteiger partial charge in [-0.2, -0.15) is 0 Å². The highest BCUT2D eigenvalue weighted by molar-refractivity contribution is 7.10. The minimum atomic E-state index is -0.497. The van der Waals surface area contributed by atoms with Crippen LogP contribution in [0.25, 0.3) is 0 Å². The fraction of sp³-hybridized carbons (Fsp3) is 0.278. The van der Waals surface area contributed by atoms with E-state index < -0.39 is 6.10 Å². The van der Waals surface area contributed by atoms with Crippen LogP contribution in [0.3, 0.4) is 0 Å². The molecule has 3 rings (SSSR count). The van der Waals surface area contributed by atoms with Gasteiger partial charge in [-0.25, -0.2) is 0 Å². The monoisotopic (exact) mass is 328 g/mol. The molecule has 0 aliphatic carbocycles. The van der Waals surface area contributed by atoms with Gasteiger partial charge >= 0.3 is 0 Å². The van der Waals surface area contributed by atoms with E-state index in [-0.39, 0.29) is 0 Å². The molecule has 0 spiro atoms. The second-order valence-electron chi connectivity index (χ2n) is 5.62. The van der Waals surface area contributed by atoms with Crippen LogP contribution < -0.4 is 0 Å². The Bertz CT molecular complexity index is 710. The molecular formula is C18H20N2O2S. The number of aliphatic hydroxyl groups is 1. The zero-order valence-electron chi connectivity index (χ0n) is 13.1. The van der Waals surface area contributed by atoms with Gasteiger partial charge in [0.05, 0.1) is 12.2 Å². The zero-order chi connectivity index (χ0) is 16.1. The standard InChI is InChI=1S/C18H20N2O2S/c1-14-10-16(22-19-14)12-20(11-15-6-3-2-4-7-15)13-17(21)18-8-5-9-23-18/h2-10,17,21H,11-13H2,1H3/t17-/m0/s1. The predicted octanol–water partition coefficient (Wildman–Crippen LogP) is 3.78. The molecule has 0 saturated carbocycles. The minimum Gasteiger partial charge on any atom is -0.386 e. The summed E-state index contributed by atoms with van der Waals surface area (Å²) in [6.45, 7) is 3.84. The van der Waals surface area contributed by atoms with Gasteiger partial charge in [-0.05, 0) is 23.9 Å². The predicted molar refractivity (Wildman–Crippen MR) is 91.1 cm³/mol. The van der Waals surface area contributed by atoms with E-state index in [9.17, 15) is 5.11 Å². The molecule has 2 aromatic heterocycles. The van der Waals surface area contributed by atoms with Crippen molar-refractivity contribution >= 4 is 11.3 Å². The van der Waals surface area contributed by atoms with E-state index in [2.05, 4.69) is 22.2 Å². The number of thiophene rings is 1. The number of benzene rings is 1. The normalized spacial score (nSPS) is 12.7. The molecule has 4 nitrogen and oxygen atoms in total. The first-order chi connectivity index (χ1) is 11.2. The molecule has 0 aliphatic heterocycles. The van der Waals surface area contributed by atoms with Gasteiger partial charge in [0.1, 0.15) is 6.10 Å². The van der Waals surface area contributed by atoms with Gasteiger partial charge in [-0.3, -0.25) is 4.90 Å². The van der Waals surface area contributed by atoms with Crippen molar-refractivity contribution in [1.82, 2.24) is 10.1 Å². The van der Waals surface area contributed by atoms with Crippen LogP contribution >= 0.6 is 11.3 Å². The number of rotatable bonds is 7. The van der Waals surface area contributed by atoms with Gasteiger partial charge < -0.3 is 9.63 Å². The zero-order valence-corrected chi connectivity index (χ0v) is 13.9. The van der Waals surface area contributed by atoms with Crippen LogP contribution in [0.1, 0.15) is 28.0 Å². The Labute approximate surface area is 140 Å². The average molecular weight is 328 g/mol. The smallest absolute Gasteiger partial charge is 0.150 e. The first-order valence-electron chi connectivity index (χ1n) is 7.60. The Balaban J connectivity index is 1.72. The third kappa shape index (κ3) is 4.51. The van der Waals surface area contributed by atoms with Gasteiger partial charge in [0.2, 0.25) is 0 Å². The van der Waals surface area contributed by atoms with Gasteiger partial charge in [-0.15, -0.1) is 11.3 Å². The molecule has 2 heterocycles. The molecule has 0 unspecified atom stereocenters. The molecule has 0 fully saturated rings. The Morgan fingerprint density at radius 1 is 1.17 bits per heavy atom. The lowest BCUT2D eigenvalue weighted by Gasteiger charge is -2.23. The van der Waals surface area contributed by atoms with Crippen LogP contribution in [-0.2, 0) is 13.1 Å². The fourth-order valence-electron chi connectivity index (χ4n) is 2.55. The third-order valence-corrected chi connectivity index (χ3v) is 4.58. The van der Waals surface area contributed by atoms with Gasteiger partial charge in [0.25, 0.3) is 0 Å². The maximum atomic E-state index is 10.5. The number of nitrogens with zero attached hydrogens (tertiary/aromatic N) is 2. The van der Waals surface area contributed by atoms with E-state index in [0.717, 1.165) is 22.9 Å². The van der Waals surface area contributed by atoms with Gasteiger partial charge in [0.15, 0.2) is 5.76 Å². The molecule has 120 valence electrons. The van der Waals surface area contributed by atoms with E-state index in [1.54, 1.807) is 11.3 Å². The summed E-state index contributed by atoms with van der Waals surface area (Å²) in [4.78, 5) is 3.16. The molecule has 0 saturated heterocycles. The summed E-state index contributed by atoms with van der Waals surface area (Å²) in [6.07, 6.45) is -0.497. The van der Waals surface area contributed by atoms with Crippen LogP contribution in [0.2, 0.25) is 0 Å². The maximum absolute atomic E-state index is 10.5. The van der Waals surface area contributed by atoms with E-state index >= 15 is 0 Å². The molecule has 5 heteroatoms. The highest BCUT2D eigenvalue weighted by Gasteiger charge is 2.17. The molecule has 1 N–H and O–H groups in total. The molecule has 0 amide bonds. The Kier molecular flexibility index (Phi) is 5.23. The van der Waals surface area contributed by atoms with Crippen molar-refractivity contribution in [3.05, 3.63) is 75.8 Å². The third-order valence-electron chi connectivity index (χ3n) is 3.61. The second-order valence-corrected chi connectivity index (χ2v) is 6.60. The summed E-state index contributed by atoms with van der Waals surface area (Å²) < 4.78 is 5.33. The molecule has 0 radical (unpaired) electrons. The minimum absolute atomic E-state index is 0.497. The Morgan fingerprint density at radius 2 is 2.00 bits per heavy atom. The number of hydrogen-bond donors (Lipinski definition) is 1. The summed E-state index contributed by atoms with van der Waals surface area (Å²) in [7, 11) is 0. The largest absolute Gasteiger partial charge is 0.386 e. The number of hydrogen-bond acceptors (Lipinski definition) is 5. The SMILES string of the molecule is Cc1cc(CN(Cc2ccccc2)C[C@H](O)c2cccs2)on1. The molecule has 3 aromatic rings. The summed E-state index contributed by atoms with van der Waals surface area (Å²) in [5.41, 5.74) is 2.08. The Morgan fingerprint density at radius 3 is 2.65 bits per heavy atom. The molecule has 0 aliphatic rings. The fourth-order valence-corrected chi connectivity index (χ4v) is 3.26. The molecule has 23 heavy (non-hydrogen) atoms. The van der Waals surface area contributed by atoms with Crippen LogP contribution in [0, 0.1) is 6.92 Å². The van der Waals surface area contributed by atoms with Crippen molar-refractivity contribution in [2.45, 2.75) is 26.1 Å². The average Bonchev–Trinajstić information content (AvgIpc) is 3.20. The topological polar surface area (TPSA) is 49.5 Å². The first-order valence-corrected chi connectivity index (χ1v) is 8.48. The lowest BCUT2D eigenvalue weighted by atomic mass is 10.2. The van der Waals surface area contributed by atoms with Crippen LogP contribution in [0.4, 0.5) is 0 Å². The van der Waals surface area contributed by atoms with Crippen molar-refractivity contribution in [3.63, 3.8) is 0 Å². The number of aromatic nitrogens is 1. The van der Waals surface area contributed by atoms with Gasteiger partial charge in [-0.1, -0.05) is 41.6 Å². The molecule has 0 bridgehead atoms. The number of aryl methyl sites for hydroxylation is 1. The highest BCUT2D eigenvalue weighted by atomic mass is 32.1. The molecular weight excluding hydrogens is 308 g/mol. The van der Waals surface area contributed by atoms with E-state index in [0.29, 0.717) is 13.1 Å². The maximum Gasteiger partial charge on any atom is 0.150 e. The van der Waals surface area contributed by atoms with E-state index in [1.165, 1.54) is 5.56 Å². The highest BCUT2D eigenvalue weighted by Crippen LogP contribution is 2.21. The lowest BCUT2D eigenvalue weighted by Crippen LogP contribution is -2.27. The van der Waals surface area contributed by atoms with Crippen molar-refractivity contribution in [2.75, 3.05) is 6.54 Å². The van der Waals surface area contributed by atoms with Crippen molar-refractivity contribution in [3.8, 4) is 0 Å². The first kappa shape index (κ1) is 15.9. The summed E-state index contributed by atoms with van der Waals surface area (Å²) in [5, 5.41) is 16.4. The van der Waals surface area contributed by atoms with Crippen LogP contribution in [-0.4, -0.2) is 21.7 Å².